The zero-order valence-corrected chi connectivity index (χ0v) is 16.6. The molecule has 0 aliphatic carbocycles. The molecule has 1 aromatic carbocycles. The molecule has 1 aliphatic heterocycles. The van der Waals surface area contributed by atoms with E-state index in [1.165, 1.54) is 37.7 Å². The van der Waals surface area contributed by atoms with E-state index in [0.29, 0.717) is 12.5 Å². The molecule has 1 aliphatic rings. The Labute approximate surface area is 154 Å². The maximum absolute atomic E-state index is 12.6. The molecule has 0 radical (unpaired) electrons. The largest absolute Gasteiger partial charge is 0.375 e. The van der Waals surface area contributed by atoms with E-state index in [1.54, 1.807) is 0 Å². The molecule has 1 saturated heterocycles. The first-order valence-corrected chi connectivity index (χ1v) is 10.2. The Balaban J connectivity index is 1.83. The second-order valence-electron chi connectivity index (χ2n) is 8.61. The van der Waals surface area contributed by atoms with Crippen molar-refractivity contribution in [1.29, 1.82) is 0 Å². The van der Waals surface area contributed by atoms with Crippen LogP contribution in [0.15, 0.2) is 24.3 Å². The van der Waals surface area contributed by atoms with Crippen LogP contribution >= 0.6 is 0 Å². The standard InChI is InChI=1S/C23H36O2/c1-5-6-7-8-10-20-11-9-12-21(25-20)17-22(24)18-13-15-19(16-14-18)23(2,3)4/h13-16,20-21H,5-12,17H2,1-4H3/t20-,21+/m1/s1. The van der Waals surface area contributed by atoms with Crippen LogP contribution in [0.3, 0.4) is 0 Å². The molecule has 1 heterocycles. The summed E-state index contributed by atoms with van der Waals surface area (Å²) in [4.78, 5) is 12.6. The van der Waals surface area contributed by atoms with Crippen molar-refractivity contribution in [2.24, 2.45) is 0 Å². The molecule has 25 heavy (non-hydrogen) atoms. The Kier molecular flexibility index (Phi) is 7.68. The molecule has 0 aromatic heterocycles. The van der Waals surface area contributed by atoms with E-state index in [0.717, 1.165) is 24.8 Å². The van der Waals surface area contributed by atoms with Crippen LogP contribution in [0.4, 0.5) is 0 Å². The van der Waals surface area contributed by atoms with E-state index in [2.05, 4.69) is 39.8 Å². The lowest BCUT2D eigenvalue weighted by atomic mass is 9.86. The van der Waals surface area contributed by atoms with E-state index < -0.39 is 0 Å². The fourth-order valence-corrected chi connectivity index (χ4v) is 3.62. The van der Waals surface area contributed by atoms with Gasteiger partial charge in [0.15, 0.2) is 5.78 Å². The molecule has 140 valence electrons. The minimum atomic E-state index is 0.111. The van der Waals surface area contributed by atoms with Crippen molar-refractivity contribution in [2.75, 3.05) is 0 Å². The van der Waals surface area contributed by atoms with Crippen LogP contribution in [0, 0.1) is 0 Å². The Morgan fingerprint density at radius 2 is 1.72 bits per heavy atom. The van der Waals surface area contributed by atoms with Crippen molar-refractivity contribution in [2.45, 2.75) is 103 Å². The first-order chi connectivity index (χ1) is 11.9. The normalized spacial score (nSPS) is 21.3. The lowest BCUT2D eigenvalue weighted by Gasteiger charge is -2.30. The second kappa shape index (κ2) is 9.52. The molecule has 1 fully saturated rings. The summed E-state index contributed by atoms with van der Waals surface area (Å²) < 4.78 is 6.22. The number of carbonyl (C=O) groups is 1. The summed E-state index contributed by atoms with van der Waals surface area (Å²) in [7, 11) is 0. The molecule has 1 aromatic rings. The molecule has 0 spiro atoms. The predicted octanol–water partition coefficient (Wildman–Crippen LogP) is 6.47. The molecule has 0 bridgehead atoms. The summed E-state index contributed by atoms with van der Waals surface area (Å²) in [5, 5.41) is 0. The third-order valence-corrected chi connectivity index (χ3v) is 5.30. The van der Waals surface area contributed by atoms with Gasteiger partial charge >= 0.3 is 0 Å². The number of ketones is 1. The minimum absolute atomic E-state index is 0.111. The number of carbonyl (C=O) groups excluding carboxylic acids is 1. The fraction of sp³-hybridized carbons (Fsp3) is 0.696. The van der Waals surface area contributed by atoms with Crippen molar-refractivity contribution < 1.29 is 9.53 Å². The maximum Gasteiger partial charge on any atom is 0.165 e. The zero-order valence-electron chi connectivity index (χ0n) is 16.6. The molecule has 2 atom stereocenters. The van der Waals surface area contributed by atoms with E-state index in [1.807, 2.05) is 12.1 Å². The monoisotopic (exact) mass is 344 g/mol. The topological polar surface area (TPSA) is 26.3 Å². The summed E-state index contributed by atoms with van der Waals surface area (Å²) >= 11 is 0. The molecule has 2 heteroatoms. The van der Waals surface area contributed by atoms with Crippen molar-refractivity contribution in [3.05, 3.63) is 35.4 Å². The molecular weight excluding hydrogens is 308 g/mol. The molecular formula is C23H36O2. The second-order valence-corrected chi connectivity index (χ2v) is 8.61. The van der Waals surface area contributed by atoms with E-state index >= 15 is 0 Å². The average Bonchev–Trinajstić information content (AvgIpc) is 2.58. The van der Waals surface area contributed by atoms with Gasteiger partial charge in [0.2, 0.25) is 0 Å². The zero-order chi connectivity index (χ0) is 18.3. The van der Waals surface area contributed by atoms with Crippen molar-refractivity contribution in [3.63, 3.8) is 0 Å². The summed E-state index contributed by atoms with van der Waals surface area (Å²) in [6.07, 6.45) is 10.7. The van der Waals surface area contributed by atoms with Gasteiger partial charge in [-0.05, 0) is 36.7 Å². The van der Waals surface area contributed by atoms with E-state index in [4.69, 9.17) is 4.74 Å². The van der Waals surface area contributed by atoms with Gasteiger partial charge in [-0.3, -0.25) is 4.79 Å². The molecule has 0 unspecified atom stereocenters. The SMILES string of the molecule is CCCCCC[C@@H]1CCC[C@@H](CC(=O)c2ccc(C(C)(C)C)cc2)O1. The highest BCUT2D eigenvalue weighted by Gasteiger charge is 2.24. The predicted molar refractivity (Wildman–Crippen MR) is 105 cm³/mol. The molecule has 0 amide bonds. The molecule has 2 nitrogen and oxygen atoms in total. The summed E-state index contributed by atoms with van der Waals surface area (Å²) in [6.45, 7) is 8.83. The van der Waals surface area contributed by atoms with Gasteiger partial charge in [0.05, 0.1) is 12.2 Å². The Morgan fingerprint density at radius 1 is 1.04 bits per heavy atom. The maximum atomic E-state index is 12.6. The Bertz CT molecular complexity index is 524. The van der Waals surface area contributed by atoms with Crippen LogP contribution in [0.1, 0.15) is 101 Å². The molecule has 0 saturated carbocycles. The molecule has 0 N–H and O–H groups in total. The van der Waals surface area contributed by atoms with E-state index in [9.17, 15) is 4.79 Å². The highest BCUT2D eigenvalue weighted by atomic mass is 16.5. The third-order valence-electron chi connectivity index (χ3n) is 5.30. The van der Waals surface area contributed by atoms with Crippen LogP contribution < -0.4 is 0 Å². The van der Waals surface area contributed by atoms with Crippen molar-refractivity contribution in [1.82, 2.24) is 0 Å². The first-order valence-electron chi connectivity index (χ1n) is 10.2. The van der Waals surface area contributed by atoms with Gasteiger partial charge < -0.3 is 4.74 Å². The Morgan fingerprint density at radius 3 is 2.36 bits per heavy atom. The van der Waals surface area contributed by atoms with Gasteiger partial charge in [-0.15, -0.1) is 0 Å². The number of hydrogen-bond donors (Lipinski definition) is 0. The van der Waals surface area contributed by atoms with Gasteiger partial charge in [0.25, 0.3) is 0 Å². The average molecular weight is 345 g/mol. The van der Waals surface area contributed by atoms with Gasteiger partial charge in [-0.1, -0.05) is 77.6 Å². The van der Waals surface area contributed by atoms with Crippen LogP contribution in [-0.2, 0) is 10.2 Å². The van der Waals surface area contributed by atoms with Crippen molar-refractivity contribution in [3.8, 4) is 0 Å². The highest BCUT2D eigenvalue weighted by molar-refractivity contribution is 5.96. The van der Waals surface area contributed by atoms with Crippen LogP contribution in [-0.4, -0.2) is 18.0 Å². The summed E-state index contributed by atoms with van der Waals surface area (Å²) in [5.74, 6) is 0.220. The number of unbranched alkanes of at least 4 members (excludes halogenated alkanes) is 3. The van der Waals surface area contributed by atoms with Crippen LogP contribution in [0.5, 0.6) is 0 Å². The smallest absolute Gasteiger partial charge is 0.165 e. The van der Waals surface area contributed by atoms with Crippen molar-refractivity contribution >= 4 is 5.78 Å². The van der Waals surface area contributed by atoms with Gasteiger partial charge in [0, 0.05) is 12.0 Å². The van der Waals surface area contributed by atoms with Gasteiger partial charge in [-0.25, -0.2) is 0 Å². The van der Waals surface area contributed by atoms with Crippen LogP contribution in [0.2, 0.25) is 0 Å². The van der Waals surface area contributed by atoms with Gasteiger partial charge in [-0.2, -0.15) is 0 Å². The van der Waals surface area contributed by atoms with Crippen LogP contribution in [0.25, 0.3) is 0 Å². The number of rotatable bonds is 8. The number of benzene rings is 1. The minimum Gasteiger partial charge on any atom is -0.375 e. The van der Waals surface area contributed by atoms with E-state index in [-0.39, 0.29) is 17.3 Å². The lowest BCUT2D eigenvalue weighted by Crippen LogP contribution is -2.29. The third kappa shape index (κ3) is 6.58. The first kappa shape index (κ1) is 20.2. The van der Waals surface area contributed by atoms with Gasteiger partial charge in [0.1, 0.15) is 0 Å². The summed E-state index contributed by atoms with van der Waals surface area (Å²) in [6, 6.07) is 8.14. The molecule has 2 rings (SSSR count). The number of Topliss-reactive ketones (excluding diaryl/α,β-unsaturated/α-hetero) is 1. The lowest BCUT2D eigenvalue weighted by molar-refractivity contribution is -0.0531. The highest BCUT2D eigenvalue weighted by Crippen LogP contribution is 2.27. The number of ether oxygens (including phenoxy) is 1. The summed E-state index contributed by atoms with van der Waals surface area (Å²) in [5.41, 5.74) is 2.21. The Hall–Kier alpha value is -1.15. The number of hydrogen-bond acceptors (Lipinski definition) is 2. The fourth-order valence-electron chi connectivity index (χ4n) is 3.62. The quantitative estimate of drug-likeness (QED) is 0.399.